The van der Waals surface area contributed by atoms with Crippen LogP contribution in [0.3, 0.4) is 0 Å². The van der Waals surface area contributed by atoms with Gasteiger partial charge in [0.05, 0.1) is 5.57 Å². The minimum absolute atomic E-state index is 0.0983. The van der Waals surface area contributed by atoms with Gasteiger partial charge in [-0.1, -0.05) is 24.3 Å². The molecule has 0 aliphatic carbocycles. The predicted molar refractivity (Wildman–Crippen MR) is 82.3 cm³/mol. The molecule has 2 aromatic rings. The molecule has 0 unspecified atom stereocenters. The fourth-order valence-electron chi connectivity index (χ4n) is 2.17. The molecule has 1 amide bonds. The molecule has 0 fully saturated rings. The lowest BCUT2D eigenvalue weighted by Crippen LogP contribution is -2.05. The van der Waals surface area contributed by atoms with E-state index in [1.165, 1.54) is 0 Å². The van der Waals surface area contributed by atoms with E-state index in [0.29, 0.717) is 5.57 Å². The zero-order chi connectivity index (χ0) is 14.1. The van der Waals surface area contributed by atoms with E-state index in [4.69, 9.17) is 5.73 Å². The van der Waals surface area contributed by atoms with Crippen LogP contribution in [-0.2, 0) is 4.79 Å². The van der Waals surface area contributed by atoms with Gasteiger partial charge in [-0.3, -0.25) is 4.79 Å². The molecule has 0 saturated heterocycles. The molecule has 100 valence electrons. The SMILES string of the molecule is Cc1ccc(N/C=C2/C(=O)Nc3ccccc32)cc1N. The number of nitrogens with one attached hydrogen (secondary N) is 2. The summed E-state index contributed by atoms with van der Waals surface area (Å²) in [6.07, 6.45) is 1.71. The number of nitrogens with two attached hydrogens (primary N) is 1. The van der Waals surface area contributed by atoms with E-state index in [0.717, 1.165) is 28.2 Å². The van der Waals surface area contributed by atoms with Gasteiger partial charge in [-0.25, -0.2) is 0 Å². The van der Waals surface area contributed by atoms with Gasteiger partial charge in [0.2, 0.25) is 0 Å². The van der Waals surface area contributed by atoms with Crippen LogP contribution in [0.4, 0.5) is 17.1 Å². The molecule has 0 atom stereocenters. The summed E-state index contributed by atoms with van der Waals surface area (Å²) >= 11 is 0. The Morgan fingerprint density at radius 2 is 2.00 bits per heavy atom. The Hall–Kier alpha value is -2.75. The number of hydrogen-bond acceptors (Lipinski definition) is 3. The van der Waals surface area contributed by atoms with Crippen molar-refractivity contribution in [2.45, 2.75) is 6.92 Å². The standard InChI is InChI=1S/C16H15N3O/c1-10-6-7-11(8-14(10)17)18-9-13-12-4-2-3-5-15(12)19-16(13)20/h2-9,18H,17H2,1H3,(H,19,20)/b13-9+. The number of anilines is 3. The first-order valence-corrected chi connectivity index (χ1v) is 6.39. The largest absolute Gasteiger partial charge is 0.398 e. The highest BCUT2D eigenvalue weighted by Gasteiger charge is 2.23. The maximum absolute atomic E-state index is 11.9. The van der Waals surface area contributed by atoms with Crippen molar-refractivity contribution < 1.29 is 4.79 Å². The van der Waals surface area contributed by atoms with Crippen molar-refractivity contribution in [3.05, 3.63) is 59.8 Å². The normalized spacial score (nSPS) is 15.1. The second kappa shape index (κ2) is 4.74. The number of amides is 1. The van der Waals surface area contributed by atoms with E-state index < -0.39 is 0 Å². The third kappa shape index (κ3) is 2.12. The highest BCUT2D eigenvalue weighted by molar-refractivity contribution is 6.31. The molecule has 1 heterocycles. The van der Waals surface area contributed by atoms with E-state index in [1.807, 2.05) is 49.4 Å². The number of para-hydroxylation sites is 1. The molecule has 4 heteroatoms. The molecule has 1 aliphatic heterocycles. The zero-order valence-corrected chi connectivity index (χ0v) is 11.1. The Kier molecular flexibility index (Phi) is 2.91. The lowest BCUT2D eigenvalue weighted by Gasteiger charge is -2.05. The Morgan fingerprint density at radius 3 is 2.80 bits per heavy atom. The van der Waals surface area contributed by atoms with Gasteiger partial charge >= 0.3 is 0 Å². The van der Waals surface area contributed by atoms with E-state index in [9.17, 15) is 4.79 Å². The van der Waals surface area contributed by atoms with Crippen LogP contribution in [0, 0.1) is 6.92 Å². The molecular weight excluding hydrogens is 250 g/mol. The van der Waals surface area contributed by atoms with Crippen LogP contribution >= 0.6 is 0 Å². The maximum atomic E-state index is 11.9. The van der Waals surface area contributed by atoms with E-state index in [-0.39, 0.29) is 5.91 Å². The Balaban J connectivity index is 1.89. The summed E-state index contributed by atoms with van der Waals surface area (Å²) in [5.74, 6) is -0.0983. The highest BCUT2D eigenvalue weighted by Crippen LogP contribution is 2.31. The topological polar surface area (TPSA) is 67.2 Å². The number of aryl methyl sites for hydroxylation is 1. The predicted octanol–water partition coefficient (Wildman–Crippen LogP) is 2.98. The molecule has 0 saturated carbocycles. The van der Waals surface area contributed by atoms with Crippen LogP contribution in [0.1, 0.15) is 11.1 Å². The van der Waals surface area contributed by atoms with Crippen LogP contribution < -0.4 is 16.4 Å². The molecule has 0 spiro atoms. The van der Waals surface area contributed by atoms with Crippen molar-refractivity contribution in [1.82, 2.24) is 0 Å². The summed E-state index contributed by atoms with van der Waals surface area (Å²) in [7, 11) is 0. The summed E-state index contributed by atoms with van der Waals surface area (Å²) in [6, 6.07) is 13.3. The smallest absolute Gasteiger partial charge is 0.257 e. The van der Waals surface area contributed by atoms with Crippen molar-refractivity contribution in [2.75, 3.05) is 16.4 Å². The van der Waals surface area contributed by atoms with Crippen molar-refractivity contribution in [1.29, 1.82) is 0 Å². The van der Waals surface area contributed by atoms with Crippen LogP contribution in [0.2, 0.25) is 0 Å². The minimum Gasteiger partial charge on any atom is -0.398 e. The van der Waals surface area contributed by atoms with Crippen LogP contribution in [0.25, 0.3) is 5.57 Å². The average Bonchev–Trinajstić information content (AvgIpc) is 2.76. The molecule has 3 rings (SSSR count). The Morgan fingerprint density at radius 1 is 1.20 bits per heavy atom. The summed E-state index contributed by atoms with van der Waals surface area (Å²) in [5.41, 5.74) is 10.9. The second-order valence-electron chi connectivity index (χ2n) is 4.77. The summed E-state index contributed by atoms with van der Waals surface area (Å²) in [5, 5.41) is 5.96. The summed E-state index contributed by atoms with van der Waals surface area (Å²) in [4.78, 5) is 11.9. The lowest BCUT2D eigenvalue weighted by molar-refractivity contribution is -0.110. The molecule has 0 bridgehead atoms. The van der Waals surface area contributed by atoms with Crippen molar-refractivity contribution in [3.63, 3.8) is 0 Å². The fraction of sp³-hybridized carbons (Fsp3) is 0.0625. The maximum Gasteiger partial charge on any atom is 0.257 e. The number of carbonyl (C=O) groups is 1. The van der Waals surface area contributed by atoms with Crippen LogP contribution in [0.5, 0.6) is 0 Å². The van der Waals surface area contributed by atoms with Crippen LogP contribution in [0.15, 0.2) is 48.7 Å². The van der Waals surface area contributed by atoms with Crippen molar-refractivity contribution >= 4 is 28.5 Å². The molecule has 4 N–H and O–H groups in total. The number of hydrogen-bond donors (Lipinski definition) is 3. The monoisotopic (exact) mass is 265 g/mol. The van der Waals surface area contributed by atoms with Crippen molar-refractivity contribution in [2.24, 2.45) is 0 Å². The quantitative estimate of drug-likeness (QED) is 0.577. The van der Waals surface area contributed by atoms with Crippen molar-refractivity contribution in [3.8, 4) is 0 Å². The third-order valence-electron chi connectivity index (χ3n) is 3.37. The number of fused-ring (bicyclic) bond motifs is 1. The number of benzene rings is 2. The van der Waals surface area contributed by atoms with E-state index in [2.05, 4.69) is 10.6 Å². The Bertz CT molecular complexity index is 719. The number of carbonyl (C=O) groups excluding carboxylic acids is 1. The second-order valence-corrected chi connectivity index (χ2v) is 4.77. The van der Waals surface area contributed by atoms with Gasteiger partial charge in [0.25, 0.3) is 5.91 Å². The molecule has 1 aliphatic rings. The average molecular weight is 265 g/mol. The first-order chi connectivity index (χ1) is 9.65. The van der Waals surface area contributed by atoms with Gasteiger partial charge < -0.3 is 16.4 Å². The van der Waals surface area contributed by atoms with E-state index >= 15 is 0 Å². The third-order valence-corrected chi connectivity index (χ3v) is 3.37. The highest BCUT2D eigenvalue weighted by atomic mass is 16.2. The molecule has 0 radical (unpaired) electrons. The first kappa shape index (κ1) is 12.3. The molecule has 20 heavy (non-hydrogen) atoms. The fourth-order valence-corrected chi connectivity index (χ4v) is 2.17. The minimum atomic E-state index is -0.0983. The first-order valence-electron chi connectivity index (χ1n) is 6.39. The van der Waals surface area contributed by atoms with Gasteiger partial charge in [-0.05, 0) is 30.7 Å². The Labute approximate surface area is 117 Å². The zero-order valence-electron chi connectivity index (χ0n) is 11.1. The van der Waals surface area contributed by atoms with E-state index in [1.54, 1.807) is 6.20 Å². The van der Waals surface area contributed by atoms with Gasteiger partial charge in [0.15, 0.2) is 0 Å². The van der Waals surface area contributed by atoms with Crippen LogP contribution in [-0.4, -0.2) is 5.91 Å². The van der Waals surface area contributed by atoms with Gasteiger partial charge in [-0.15, -0.1) is 0 Å². The molecular formula is C16H15N3O. The summed E-state index contributed by atoms with van der Waals surface area (Å²) < 4.78 is 0. The number of nitrogen functional groups attached to an aromatic ring is 1. The van der Waals surface area contributed by atoms with Gasteiger partial charge in [0.1, 0.15) is 0 Å². The molecule has 0 aromatic heterocycles. The summed E-state index contributed by atoms with van der Waals surface area (Å²) in [6.45, 7) is 1.96. The lowest BCUT2D eigenvalue weighted by atomic mass is 10.1. The molecule has 2 aromatic carbocycles. The van der Waals surface area contributed by atoms with Gasteiger partial charge in [-0.2, -0.15) is 0 Å². The number of rotatable bonds is 2. The molecule has 4 nitrogen and oxygen atoms in total. The van der Waals surface area contributed by atoms with Gasteiger partial charge in [0, 0.05) is 28.8 Å².